The van der Waals surface area contributed by atoms with Gasteiger partial charge in [-0.1, -0.05) is 0 Å². The fourth-order valence-corrected chi connectivity index (χ4v) is 1.63. The highest BCUT2D eigenvalue weighted by molar-refractivity contribution is 5.95. The molecule has 1 amide bonds. The zero-order valence-corrected chi connectivity index (χ0v) is 8.51. The summed E-state index contributed by atoms with van der Waals surface area (Å²) in [5.41, 5.74) is 5.70. The normalized spacial score (nSPS) is 20.8. The highest BCUT2D eigenvalue weighted by Gasteiger charge is 2.28. The number of aromatic nitrogens is 1. The van der Waals surface area contributed by atoms with Crippen molar-refractivity contribution in [3.63, 3.8) is 0 Å². The molecular formula is C10H13N3O2. The van der Waals surface area contributed by atoms with Crippen molar-refractivity contribution in [2.75, 3.05) is 18.6 Å². The van der Waals surface area contributed by atoms with Crippen molar-refractivity contribution in [1.82, 2.24) is 4.98 Å². The number of nitrogens with zero attached hydrogens (tertiary/aromatic N) is 2. The highest BCUT2D eigenvalue weighted by Crippen LogP contribution is 2.22. The first kappa shape index (κ1) is 9.92. The largest absolute Gasteiger partial charge is 0.497 e. The van der Waals surface area contributed by atoms with E-state index in [2.05, 4.69) is 4.98 Å². The van der Waals surface area contributed by atoms with Crippen molar-refractivity contribution in [2.45, 2.75) is 12.5 Å². The summed E-state index contributed by atoms with van der Waals surface area (Å²) in [6.07, 6.45) is 2.00. The minimum Gasteiger partial charge on any atom is -0.497 e. The van der Waals surface area contributed by atoms with Gasteiger partial charge in [-0.15, -0.1) is 0 Å². The van der Waals surface area contributed by atoms with Crippen LogP contribution in [-0.2, 0) is 4.79 Å². The molecule has 0 spiro atoms. The third kappa shape index (κ3) is 1.92. The summed E-state index contributed by atoms with van der Waals surface area (Å²) >= 11 is 0. The van der Waals surface area contributed by atoms with E-state index in [1.165, 1.54) is 0 Å². The van der Waals surface area contributed by atoms with E-state index in [9.17, 15) is 4.79 Å². The third-order valence-electron chi connectivity index (χ3n) is 2.38. The predicted octanol–water partition coefficient (Wildman–Crippen LogP) is 0.154. The molecule has 1 unspecified atom stereocenters. The second-order valence-corrected chi connectivity index (χ2v) is 3.52. The van der Waals surface area contributed by atoms with Crippen LogP contribution in [0.1, 0.15) is 6.42 Å². The quantitative estimate of drug-likeness (QED) is 0.749. The number of pyridine rings is 1. The van der Waals surface area contributed by atoms with Gasteiger partial charge in [-0.25, -0.2) is 4.98 Å². The fraction of sp³-hybridized carbons (Fsp3) is 0.400. The number of methoxy groups -OCH3 is 1. The number of carbonyl (C=O) groups is 1. The Kier molecular flexibility index (Phi) is 2.55. The Balaban J connectivity index is 2.25. The summed E-state index contributed by atoms with van der Waals surface area (Å²) in [7, 11) is 1.58. The van der Waals surface area contributed by atoms with Gasteiger partial charge in [0.1, 0.15) is 11.6 Å². The van der Waals surface area contributed by atoms with Gasteiger partial charge in [0.2, 0.25) is 5.91 Å². The summed E-state index contributed by atoms with van der Waals surface area (Å²) in [5.74, 6) is 1.31. The van der Waals surface area contributed by atoms with Crippen LogP contribution in [0.5, 0.6) is 5.75 Å². The second kappa shape index (κ2) is 3.86. The summed E-state index contributed by atoms with van der Waals surface area (Å²) in [6, 6.07) is 3.38. The lowest BCUT2D eigenvalue weighted by molar-refractivity contribution is -0.117. The van der Waals surface area contributed by atoms with Crippen LogP contribution in [0.3, 0.4) is 0 Å². The molecule has 0 radical (unpaired) electrons. The number of ether oxygens (including phenoxy) is 1. The lowest BCUT2D eigenvalue weighted by Gasteiger charge is -2.15. The Morgan fingerprint density at radius 1 is 1.67 bits per heavy atom. The molecule has 0 bridgehead atoms. The van der Waals surface area contributed by atoms with Crippen molar-refractivity contribution in [1.29, 1.82) is 0 Å². The average Bonchev–Trinajstić information content (AvgIpc) is 2.58. The molecule has 5 heteroatoms. The topological polar surface area (TPSA) is 68.4 Å². The fourth-order valence-electron chi connectivity index (χ4n) is 1.63. The van der Waals surface area contributed by atoms with Crippen LogP contribution in [0, 0.1) is 0 Å². The van der Waals surface area contributed by atoms with E-state index < -0.39 is 0 Å². The smallest absolute Gasteiger partial charge is 0.229 e. The molecule has 0 aromatic carbocycles. The van der Waals surface area contributed by atoms with Crippen molar-refractivity contribution < 1.29 is 9.53 Å². The van der Waals surface area contributed by atoms with Gasteiger partial charge in [0.05, 0.1) is 7.11 Å². The van der Waals surface area contributed by atoms with Gasteiger partial charge in [-0.3, -0.25) is 9.69 Å². The average molecular weight is 207 g/mol. The van der Waals surface area contributed by atoms with E-state index in [4.69, 9.17) is 10.5 Å². The maximum absolute atomic E-state index is 11.5. The van der Waals surface area contributed by atoms with E-state index in [1.54, 1.807) is 30.3 Å². The number of carbonyl (C=O) groups excluding carboxylic acids is 1. The third-order valence-corrected chi connectivity index (χ3v) is 2.38. The number of nitrogens with two attached hydrogens (primary N) is 1. The van der Waals surface area contributed by atoms with Gasteiger partial charge in [-0.2, -0.15) is 0 Å². The summed E-state index contributed by atoms with van der Waals surface area (Å²) in [5, 5.41) is 0. The monoisotopic (exact) mass is 207 g/mol. The van der Waals surface area contributed by atoms with Gasteiger partial charge in [-0.05, 0) is 6.07 Å². The summed E-state index contributed by atoms with van der Waals surface area (Å²) in [4.78, 5) is 17.3. The zero-order chi connectivity index (χ0) is 10.8. The molecule has 80 valence electrons. The molecule has 5 nitrogen and oxygen atoms in total. The standard InChI is InChI=1S/C10H13N3O2/c1-15-8-2-3-12-9(5-8)13-6-7(11)4-10(13)14/h2-3,5,7H,4,6,11H2,1H3. The Morgan fingerprint density at radius 2 is 2.47 bits per heavy atom. The van der Waals surface area contributed by atoms with E-state index in [-0.39, 0.29) is 11.9 Å². The van der Waals surface area contributed by atoms with E-state index in [0.29, 0.717) is 24.5 Å². The van der Waals surface area contributed by atoms with Crippen LogP contribution in [0.4, 0.5) is 5.82 Å². The first-order valence-electron chi connectivity index (χ1n) is 4.76. The second-order valence-electron chi connectivity index (χ2n) is 3.52. The molecule has 1 atom stereocenters. The minimum atomic E-state index is -0.0921. The van der Waals surface area contributed by atoms with Crippen LogP contribution < -0.4 is 15.4 Å². The van der Waals surface area contributed by atoms with Crippen molar-refractivity contribution in [3.05, 3.63) is 18.3 Å². The minimum absolute atomic E-state index is 0.0169. The number of hydrogen-bond acceptors (Lipinski definition) is 4. The molecule has 0 saturated carbocycles. The molecule has 1 fully saturated rings. The molecule has 1 aliphatic rings. The molecule has 15 heavy (non-hydrogen) atoms. The SMILES string of the molecule is COc1ccnc(N2CC(N)CC2=O)c1. The number of rotatable bonds is 2. The molecule has 2 rings (SSSR count). The molecule has 1 saturated heterocycles. The predicted molar refractivity (Wildman–Crippen MR) is 55.7 cm³/mol. The molecule has 2 N–H and O–H groups in total. The van der Waals surface area contributed by atoms with Gasteiger partial charge in [0.15, 0.2) is 0 Å². The molecule has 0 aliphatic carbocycles. The Bertz CT molecular complexity index is 381. The summed E-state index contributed by atoms with van der Waals surface area (Å²) < 4.78 is 5.07. The van der Waals surface area contributed by atoms with Gasteiger partial charge in [0, 0.05) is 31.3 Å². The van der Waals surface area contributed by atoms with E-state index >= 15 is 0 Å². The van der Waals surface area contributed by atoms with Gasteiger partial charge >= 0.3 is 0 Å². The number of hydrogen-bond donors (Lipinski definition) is 1. The van der Waals surface area contributed by atoms with E-state index in [1.807, 2.05) is 0 Å². The van der Waals surface area contributed by atoms with Crippen molar-refractivity contribution >= 4 is 11.7 Å². The zero-order valence-electron chi connectivity index (χ0n) is 8.51. The van der Waals surface area contributed by atoms with Crippen LogP contribution in [0.25, 0.3) is 0 Å². The molecule has 1 aromatic rings. The lowest BCUT2D eigenvalue weighted by atomic mass is 10.3. The summed E-state index contributed by atoms with van der Waals surface area (Å²) in [6.45, 7) is 0.527. The van der Waals surface area contributed by atoms with Gasteiger partial charge in [0.25, 0.3) is 0 Å². The van der Waals surface area contributed by atoms with Crippen LogP contribution in [0.15, 0.2) is 18.3 Å². The molecular weight excluding hydrogens is 194 g/mol. The Hall–Kier alpha value is -1.62. The molecule has 2 heterocycles. The number of amides is 1. The van der Waals surface area contributed by atoms with E-state index in [0.717, 1.165) is 0 Å². The lowest BCUT2D eigenvalue weighted by Crippen LogP contribution is -2.28. The number of anilines is 1. The van der Waals surface area contributed by atoms with Crippen LogP contribution >= 0.6 is 0 Å². The Labute approximate surface area is 87.8 Å². The van der Waals surface area contributed by atoms with Crippen LogP contribution in [0.2, 0.25) is 0 Å². The Morgan fingerprint density at radius 3 is 3.07 bits per heavy atom. The molecule has 1 aromatic heterocycles. The van der Waals surface area contributed by atoms with Crippen LogP contribution in [-0.4, -0.2) is 30.6 Å². The maximum atomic E-state index is 11.5. The van der Waals surface area contributed by atoms with Crippen molar-refractivity contribution in [2.24, 2.45) is 5.73 Å². The highest BCUT2D eigenvalue weighted by atomic mass is 16.5. The van der Waals surface area contributed by atoms with Gasteiger partial charge < -0.3 is 10.5 Å². The first-order valence-corrected chi connectivity index (χ1v) is 4.76. The maximum Gasteiger partial charge on any atom is 0.229 e. The van der Waals surface area contributed by atoms with Crippen molar-refractivity contribution in [3.8, 4) is 5.75 Å². The molecule has 1 aliphatic heterocycles. The first-order chi connectivity index (χ1) is 7.20.